The SMILES string of the molecule is CC(C)(CI)OC(=O)O. The highest BCUT2D eigenvalue weighted by Crippen LogP contribution is 2.12. The third-order valence-corrected chi connectivity index (χ3v) is 2.52. The fourth-order valence-corrected chi connectivity index (χ4v) is 0.419. The molecule has 0 spiro atoms. The summed E-state index contributed by atoms with van der Waals surface area (Å²) in [4.78, 5) is 9.95. The van der Waals surface area contributed by atoms with Gasteiger partial charge in [0.15, 0.2) is 0 Å². The second kappa shape index (κ2) is 3.24. The van der Waals surface area contributed by atoms with E-state index in [0.717, 1.165) is 0 Å². The number of alkyl halides is 1. The lowest BCUT2D eigenvalue weighted by atomic mass is 10.2. The molecule has 0 heterocycles. The van der Waals surface area contributed by atoms with Crippen LogP contribution in [-0.4, -0.2) is 21.3 Å². The Kier molecular flexibility index (Phi) is 3.24. The number of carbonyl (C=O) groups is 1. The maximum absolute atomic E-state index is 9.95. The Labute approximate surface area is 67.5 Å². The first-order chi connectivity index (χ1) is 3.98. The molecule has 0 radical (unpaired) electrons. The van der Waals surface area contributed by atoms with E-state index in [0.29, 0.717) is 4.43 Å². The van der Waals surface area contributed by atoms with Gasteiger partial charge in [0.1, 0.15) is 5.60 Å². The Morgan fingerprint density at radius 3 is 2.33 bits per heavy atom. The van der Waals surface area contributed by atoms with Gasteiger partial charge in [0.2, 0.25) is 0 Å². The number of rotatable bonds is 2. The molecular weight excluding hydrogens is 235 g/mol. The fourth-order valence-electron chi connectivity index (χ4n) is 0.264. The standard InChI is InChI=1S/C5H9IO3/c1-5(2,3-6)9-4(7)8/h3H2,1-2H3,(H,7,8). The first kappa shape index (κ1) is 9.00. The molecule has 0 aliphatic rings. The molecule has 0 aromatic rings. The summed E-state index contributed by atoms with van der Waals surface area (Å²) in [5, 5.41) is 8.15. The second-order valence-corrected chi connectivity index (χ2v) is 3.02. The third kappa shape index (κ3) is 4.50. The van der Waals surface area contributed by atoms with E-state index in [2.05, 4.69) is 27.3 Å². The fraction of sp³-hybridized carbons (Fsp3) is 0.800. The van der Waals surface area contributed by atoms with Crippen molar-refractivity contribution in [3.05, 3.63) is 0 Å². The van der Waals surface area contributed by atoms with E-state index in [1.807, 2.05) is 0 Å². The summed E-state index contributed by atoms with van der Waals surface area (Å²) in [6, 6.07) is 0. The van der Waals surface area contributed by atoms with Crippen LogP contribution in [0.15, 0.2) is 0 Å². The van der Waals surface area contributed by atoms with Crippen LogP contribution >= 0.6 is 22.6 Å². The van der Waals surface area contributed by atoms with E-state index in [1.165, 1.54) is 0 Å². The van der Waals surface area contributed by atoms with Gasteiger partial charge in [-0.3, -0.25) is 0 Å². The number of hydrogen-bond donors (Lipinski definition) is 1. The smallest absolute Gasteiger partial charge is 0.450 e. The van der Waals surface area contributed by atoms with Crippen molar-refractivity contribution in [1.82, 2.24) is 0 Å². The van der Waals surface area contributed by atoms with Crippen LogP contribution in [-0.2, 0) is 4.74 Å². The van der Waals surface area contributed by atoms with Crippen molar-refractivity contribution >= 4 is 28.7 Å². The zero-order valence-electron chi connectivity index (χ0n) is 5.35. The quantitative estimate of drug-likeness (QED) is 0.458. The number of carboxylic acid groups (broad SMARTS) is 1. The summed E-state index contributed by atoms with van der Waals surface area (Å²) in [6.07, 6.45) is -1.21. The van der Waals surface area contributed by atoms with Crippen LogP contribution in [0.5, 0.6) is 0 Å². The van der Waals surface area contributed by atoms with Crippen LogP contribution in [0.4, 0.5) is 4.79 Å². The van der Waals surface area contributed by atoms with Gasteiger partial charge in [0, 0.05) is 4.43 Å². The minimum Gasteiger partial charge on any atom is -0.450 e. The molecule has 0 aliphatic heterocycles. The predicted molar refractivity (Wildman–Crippen MR) is 42.1 cm³/mol. The predicted octanol–water partition coefficient (Wildman–Crippen LogP) is 1.89. The minimum atomic E-state index is -1.21. The molecule has 0 atom stereocenters. The Balaban J connectivity index is 3.71. The van der Waals surface area contributed by atoms with Crippen molar-refractivity contribution in [3.63, 3.8) is 0 Å². The summed E-state index contributed by atoms with van der Waals surface area (Å²) < 4.78 is 5.16. The highest BCUT2D eigenvalue weighted by atomic mass is 127. The molecule has 0 aliphatic carbocycles. The molecule has 4 heteroatoms. The topological polar surface area (TPSA) is 46.5 Å². The maximum Gasteiger partial charge on any atom is 0.506 e. The van der Waals surface area contributed by atoms with E-state index in [-0.39, 0.29) is 0 Å². The Morgan fingerprint density at radius 1 is 1.78 bits per heavy atom. The van der Waals surface area contributed by atoms with E-state index >= 15 is 0 Å². The molecule has 3 nitrogen and oxygen atoms in total. The molecule has 0 aromatic heterocycles. The van der Waals surface area contributed by atoms with E-state index in [1.54, 1.807) is 13.8 Å². The lowest BCUT2D eigenvalue weighted by Gasteiger charge is -2.19. The molecule has 54 valence electrons. The number of halogens is 1. The Bertz CT molecular complexity index is 111. The Hall–Kier alpha value is 0. The lowest BCUT2D eigenvalue weighted by molar-refractivity contribution is 0.0193. The molecule has 0 aromatic carbocycles. The van der Waals surface area contributed by atoms with Crippen molar-refractivity contribution in [2.24, 2.45) is 0 Å². The zero-order chi connectivity index (χ0) is 7.49. The Morgan fingerprint density at radius 2 is 2.22 bits per heavy atom. The molecule has 0 bridgehead atoms. The molecular formula is C5H9IO3. The van der Waals surface area contributed by atoms with Crippen molar-refractivity contribution < 1.29 is 14.6 Å². The van der Waals surface area contributed by atoms with E-state index in [9.17, 15) is 4.79 Å². The van der Waals surface area contributed by atoms with E-state index < -0.39 is 11.8 Å². The van der Waals surface area contributed by atoms with Crippen molar-refractivity contribution in [2.75, 3.05) is 4.43 Å². The highest BCUT2D eigenvalue weighted by Gasteiger charge is 2.20. The average Bonchev–Trinajstić information content (AvgIpc) is 1.63. The average molecular weight is 244 g/mol. The van der Waals surface area contributed by atoms with Crippen molar-refractivity contribution in [1.29, 1.82) is 0 Å². The van der Waals surface area contributed by atoms with Gasteiger partial charge in [-0.1, -0.05) is 22.6 Å². The summed E-state index contributed by atoms with van der Waals surface area (Å²) >= 11 is 2.08. The number of ether oxygens (including phenoxy) is 1. The zero-order valence-corrected chi connectivity index (χ0v) is 7.51. The normalized spacial score (nSPS) is 11.0. The van der Waals surface area contributed by atoms with Gasteiger partial charge in [-0.2, -0.15) is 0 Å². The highest BCUT2D eigenvalue weighted by molar-refractivity contribution is 14.1. The van der Waals surface area contributed by atoms with Gasteiger partial charge in [-0.05, 0) is 13.8 Å². The van der Waals surface area contributed by atoms with Crippen LogP contribution in [0.3, 0.4) is 0 Å². The van der Waals surface area contributed by atoms with Crippen LogP contribution in [0.2, 0.25) is 0 Å². The van der Waals surface area contributed by atoms with Gasteiger partial charge in [-0.25, -0.2) is 4.79 Å². The molecule has 0 rings (SSSR count). The van der Waals surface area contributed by atoms with Crippen molar-refractivity contribution in [2.45, 2.75) is 19.4 Å². The number of hydrogen-bond acceptors (Lipinski definition) is 2. The van der Waals surface area contributed by atoms with Crippen LogP contribution in [0, 0.1) is 0 Å². The summed E-state index contributed by atoms with van der Waals surface area (Å²) in [7, 11) is 0. The van der Waals surface area contributed by atoms with Gasteiger partial charge in [-0.15, -0.1) is 0 Å². The first-order valence-electron chi connectivity index (χ1n) is 2.46. The monoisotopic (exact) mass is 244 g/mol. The largest absolute Gasteiger partial charge is 0.506 e. The van der Waals surface area contributed by atoms with Gasteiger partial charge < -0.3 is 9.84 Å². The lowest BCUT2D eigenvalue weighted by Crippen LogP contribution is -2.28. The maximum atomic E-state index is 9.95. The van der Waals surface area contributed by atoms with Gasteiger partial charge in [0.25, 0.3) is 0 Å². The molecule has 0 unspecified atom stereocenters. The molecule has 0 saturated heterocycles. The molecule has 9 heavy (non-hydrogen) atoms. The molecule has 1 N–H and O–H groups in total. The van der Waals surface area contributed by atoms with Crippen LogP contribution in [0.25, 0.3) is 0 Å². The second-order valence-electron chi connectivity index (χ2n) is 2.26. The van der Waals surface area contributed by atoms with E-state index in [4.69, 9.17) is 5.11 Å². The van der Waals surface area contributed by atoms with Gasteiger partial charge in [0.05, 0.1) is 0 Å². The summed E-state index contributed by atoms with van der Waals surface area (Å²) in [6.45, 7) is 3.46. The molecule has 0 fully saturated rings. The summed E-state index contributed by atoms with van der Waals surface area (Å²) in [5.74, 6) is 0. The summed E-state index contributed by atoms with van der Waals surface area (Å²) in [5.41, 5.74) is -0.549. The third-order valence-electron chi connectivity index (χ3n) is 0.685. The first-order valence-corrected chi connectivity index (χ1v) is 3.98. The molecule has 0 amide bonds. The molecule has 0 saturated carbocycles. The van der Waals surface area contributed by atoms with Gasteiger partial charge >= 0.3 is 6.16 Å². The minimum absolute atomic E-state index is 0.549. The van der Waals surface area contributed by atoms with Crippen LogP contribution < -0.4 is 0 Å². The van der Waals surface area contributed by atoms with Crippen LogP contribution in [0.1, 0.15) is 13.8 Å². The van der Waals surface area contributed by atoms with Crippen molar-refractivity contribution in [3.8, 4) is 0 Å².